The summed E-state index contributed by atoms with van der Waals surface area (Å²) in [6.07, 6.45) is 0. The first-order valence-corrected chi connectivity index (χ1v) is 8.77. The fourth-order valence-corrected chi connectivity index (χ4v) is 3.01. The van der Waals surface area contributed by atoms with E-state index in [4.69, 9.17) is 15.3 Å². The predicted octanol–water partition coefficient (Wildman–Crippen LogP) is 6.43. The molecule has 0 heterocycles. The molecule has 0 aliphatic heterocycles. The fourth-order valence-electron chi connectivity index (χ4n) is 3.01. The Bertz CT molecular complexity index is 1160. The van der Waals surface area contributed by atoms with Gasteiger partial charge in [0.2, 0.25) is 11.6 Å². The van der Waals surface area contributed by atoms with Crippen molar-refractivity contribution in [1.29, 1.82) is 10.5 Å². The first-order chi connectivity index (χ1) is 13.9. The number of nitriles is 2. The summed E-state index contributed by atoms with van der Waals surface area (Å²) in [6, 6.07) is 17.0. The van der Waals surface area contributed by atoms with Gasteiger partial charge >= 0.3 is 0 Å². The van der Waals surface area contributed by atoms with E-state index in [1.165, 1.54) is 12.1 Å². The molecule has 0 radical (unpaired) electrons. The summed E-state index contributed by atoms with van der Waals surface area (Å²) in [4.78, 5) is 0. The molecule has 0 aliphatic rings. The normalized spacial score (nSPS) is 10.5. The van der Waals surface area contributed by atoms with E-state index in [2.05, 4.69) is 0 Å². The van der Waals surface area contributed by atoms with Crippen molar-refractivity contribution in [2.45, 2.75) is 19.8 Å². The molecule has 3 nitrogen and oxygen atoms in total. The van der Waals surface area contributed by atoms with E-state index in [0.29, 0.717) is 11.1 Å². The van der Waals surface area contributed by atoms with Crippen LogP contribution in [0, 0.1) is 40.1 Å². The predicted molar refractivity (Wildman–Crippen MR) is 102 cm³/mol. The van der Waals surface area contributed by atoms with E-state index in [1.54, 1.807) is 42.5 Å². The molecule has 0 saturated carbocycles. The van der Waals surface area contributed by atoms with Crippen molar-refractivity contribution in [3.8, 4) is 34.8 Å². The highest BCUT2D eigenvalue weighted by atomic mass is 19.2. The van der Waals surface area contributed by atoms with E-state index >= 15 is 0 Å². The van der Waals surface area contributed by atoms with Gasteiger partial charge in [0.05, 0.1) is 0 Å². The molecule has 3 aromatic carbocycles. The average Bonchev–Trinajstić information content (AvgIpc) is 2.73. The Labute approximate surface area is 166 Å². The van der Waals surface area contributed by atoms with Crippen LogP contribution in [-0.2, 0) is 0 Å². The van der Waals surface area contributed by atoms with Gasteiger partial charge in [-0.15, -0.1) is 0 Å². The van der Waals surface area contributed by atoms with Gasteiger partial charge in [0.15, 0.2) is 11.6 Å². The molecule has 0 unspecified atom stereocenters. The van der Waals surface area contributed by atoms with E-state index in [0.717, 1.165) is 5.56 Å². The highest BCUT2D eigenvalue weighted by Gasteiger charge is 2.28. The van der Waals surface area contributed by atoms with Crippen molar-refractivity contribution in [1.82, 2.24) is 0 Å². The second kappa shape index (κ2) is 8.08. The molecule has 0 aliphatic carbocycles. The summed E-state index contributed by atoms with van der Waals surface area (Å²) >= 11 is 0. The summed E-state index contributed by atoms with van der Waals surface area (Å²) in [5, 5.41) is 18.1. The Morgan fingerprint density at radius 1 is 0.759 bits per heavy atom. The fraction of sp³-hybridized carbons (Fsp3) is 0.130. The van der Waals surface area contributed by atoms with Crippen LogP contribution in [0.1, 0.15) is 36.5 Å². The van der Waals surface area contributed by atoms with Gasteiger partial charge in [0, 0.05) is 5.56 Å². The van der Waals surface area contributed by atoms with Crippen molar-refractivity contribution >= 4 is 0 Å². The molecular weight excluding hydrogens is 377 g/mol. The minimum absolute atomic E-state index is 0.0709. The van der Waals surface area contributed by atoms with Crippen molar-refractivity contribution < 1.29 is 17.9 Å². The Morgan fingerprint density at radius 3 is 1.97 bits per heavy atom. The van der Waals surface area contributed by atoms with Crippen LogP contribution in [0.5, 0.6) is 11.5 Å². The van der Waals surface area contributed by atoms with Crippen molar-refractivity contribution in [2.75, 3.05) is 0 Å². The Morgan fingerprint density at radius 2 is 1.38 bits per heavy atom. The Kier molecular flexibility index (Phi) is 5.57. The minimum atomic E-state index is -1.66. The first-order valence-electron chi connectivity index (χ1n) is 8.77. The largest absolute Gasteiger partial charge is 0.450 e. The molecule has 29 heavy (non-hydrogen) atoms. The van der Waals surface area contributed by atoms with Crippen LogP contribution in [0.4, 0.5) is 13.2 Å². The van der Waals surface area contributed by atoms with Gasteiger partial charge in [0.1, 0.15) is 29.0 Å². The van der Waals surface area contributed by atoms with Gasteiger partial charge in [-0.2, -0.15) is 14.9 Å². The molecule has 3 aromatic rings. The maximum absolute atomic E-state index is 14.8. The smallest absolute Gasteiger partial charge is 0.205 e. The van der Waals surface area contributed by atoms with Crippen LogP contribution in [-0.4, -0.2) is 0 Å². The molecule has 3 rings (SSSR count). The number of nitrogens with zero attached hydrogens (tertiary/aromatic N) is 2. The Balaban J connectivity index is 2.29. The van der Waals surface area contributed by atoms with Crippen LogP contribution in [0.25, 0.3) is 11.1 Å². The molecule has 0 bridgehead atoms. The lowest BCUT2D eigenvalue weighted by Crippen LogP contribution is -2.06. The number of rotatable bonds is 4. The van der Waals surface area contributed by atoms with Crippen LogP contribution < -0.4 is 4.74 Å². The summed E-state index contributed by atoms with van der Waals surface area (Å²) in [7, 11) is 0. The molecule has 0 saturated heterocycles. The summed E-state index contributed by atoms with van der Waals surface area (Å²) in [6.45, 7) is 3.76. The van der Waals surface area contributed by atoms with E-state index in [9.17, 15) is 13.2 Å². The minimum Gasteiger partial charge on any atom is -0.450 e. The van der Waals surface area contributed by atoms with Crippen molar-refractivity contribution in [2.24, 2.45) is 0 Å². The SMILES string of the molecule is CC(C)c1cccc(-c2ccccc2)c1Oc1c(F)c(F)c(C#N)c(C#N)c1F. The lowest BCUT2D eigenvalue weighted by atomic mass is 9.95. The third-order valence-electron chi connectivity index (χ3n) is 4.46. The monoisotopic (exact) mass is 392 g/mol. The van der Waals surface area contributed by atoms with E-state index in [1.807, 2.05) is 19.9 Å². The molecule has 0 aromatic heterocycles. The molecule has 0 amide bonds. The molecule has 6 heteroatoms. The zero-order chi connectivity index (χ0) is 21.1. The molecule has 0 N–H and O–H groups in total. The number of ether oxygens (including phenoxy) is 1. The molecule has 0 fully saturated rings. The lowest BCUT2D eigenvalue weighted by molar-refractivity contribution is 0.382. The van der Waals surface area contributed by atoms with Gasteiger partial charge in [0.25, 0.3) is 0 Å². The van der Waals surface area contributed by atoms with Crippen molar-refractivity contribution in [3.63, 3.8) is 0 Å². The molecule has 144 valence electrons. The van der Waals surface area contributed by atoms with E-state index < -0.39 is 34.3 Å². The van der Waals surface area contributed by atoms with Gasteiger partial charge in [-0.05, 0) is 17.0 Å². The zero-order valence-electron chi connectivity index (χ0n) is 15.6. The molecular formula is C23H15F3N2O. The maximum atomic E-state index is 14.8. The quantitative estimate of drug-likeness (QED) is 0.481. The summed E-state index contributed by atoms with van der Waals surface area (Å²) < 4.78 is 49.3. The number of hydrogen-bond acceptors (Lipinski definition) is 3. The average molecular weight is 392 g/mol. The topological polar surface area (TPSA) is 56.8 Å². The third kappa shape index (κ3) is 3.53. The number of halogens is 3. The second-order valence-corrected chi connectivity index (χ2v) is 6.59. The molecule has 0 atom stereocenters. The molecule has 0 spiro atoms. The van der Waals surface area contributed by atoms with Crippen LogP contribution >= 0.6 is 0 Å². The van der Waals surface area contributed by atoms with Crippen LogP contribution in [0.15, 0.2) is 48.5 Å². The van der Waals surface area contributed by atoms with Gasteiger partial charge in [-0.1, -0.05) is 62.4 Å². The van der Waals surface area contributed by atoms with Gasteiger partial charge in [-0.3, -0.25) is 0 Å². The van der Waals surface area contributed by atoms with Crippen molar-refractivity contribution in [3.05, 3.63) is 82.7 Å². The van der Waals surface area contributed by atoms with Crippen LogP contribution in [0.2, 0.25) is 0 Å². The number of para-hydroxylation sites is 1. The second-order valence-electron chi connectivity index (χ2n) is 6.59. The summed E-state index contributed by atoms with van der Waals surface area (Å²) in [5.74, 6) is -5.67. The Hall–Kier alpha value is -3.77. The summed E-state index contributed by atoms with van der Waals surface area (Å²) in [5.41, 5.74) is 0.0488. The highest BCUT2D eigenvalue weighted by Crippen LogP contribution is 2.42. The maximum Gasteiger partial charge on any atom is 0.205 e. The van der Waals surface area contributed by atoms with Gasteiger partial charge < -0.3 is 4.74 Å². The van der Waals surface area contributed by atoms with E-state index in [-0.39, 0.29) is 11.7 Å². The highest BCUT2D eigenvalue weighted by molar-refractivity contribution is 5.73. The number of benzene rings is 3. The zero-order valence-corrected chi connectivity index (χ0v) is 15.6. The standard InChI is InChI=1S/C23H15F3N2O/c1-13(2)15-9-6-10-16(14-7-4-3-5-8-14)22(15)29-23-20(25)18(12-28)17(11-27)19(24)21(23)26/h3-10,13H,1-2H3. The third-order valence-corrected chi connectivity index (χ3v) is 4.46. The number of hydrogen-bond donors (Lipinski definition) is 0. The van der Waals surface area contributed by atoms with Crippen LogP contribution in [0.3, 0.4) is 0 Å². The van der Waals surface area contributed by atoms with Gasteiger partial charge in [-0.25, -0.2) is 8.78 Å². The lowest BCUT2D eigenvalue weighted by Gasteiger charge is -2.19. The first kappa shape index (κ1) is 20.0.